The number of aromatic nitrogens is 1. The summed E-state index contributed by atoms with van der Waals surface area (Å²) in [7, 11) is 0. The van der Waals surface area contributed by atoms with E-state index in [0.717, 1.165) is 0 Å². The molecule has 3 rings (SSSR count). The summed E-state index contributed by atoms with van der Waals surface area (Å²) in [6.07, 6.45) is 3.02. The van der Waals surface area contributed by atoms with Gasteiger partial charge < -0.3 is 15.4 Å². The molecule has 0 unspecified atom stereocenters. The second-order valence-corrected chi connectivity index (χ2v) is 6.42. The average Bonchev–Trinajstić information content (AvgIpc) is 2.73. The summed E-state index contributed by atoms with van der Waals surface area (Å²) in [5.41, 5.74) is 1.04. The normalized spacial score (nSPS) is 10.3. The molecule has 0 radical (unpaired) electrons. The molecule has 1 heterocycles. The van der Waals surface area contributed by atoms with Crippen LogP contribution in [0.3, 0.4) is 0 Å². The number of benzene rings is 2. The third kappa shape index (κ3) is 6.37. The smallest absolute Gasteiger partial charge is 0.239 e. The Hall–Kier alpha value is -3.81. The summed E-state index contributed by atoms with van der Waals surface area (Å²) in [6.45, 7) is -0.151. The summed E-state index contributed by atoms with van der Waals surface area (Å²) in [4.78, 5) is 27.7. The molecule has 0 bridgehead atoms. The zero-order valence-corrected chi connectivity index (χ0v) is 15.9. The minimum Gasteiger partial charge on any atom is -0.453 e. The summed E-state index contributed by atoms with van der Waals surface area (Å²) >= 11 is 0. The third-order valence-corrected chi connectivity index (χ3v) is 4.05. The van der Waals surface area contributed by atoms with Crippen molar-refractivity contribution in [2.24, 2.45) is 0 Å². The molecule has 0 aliphatic heterocycles. The highest BCUT2D eigenvalue weighted by Crippen LogP contribution is 2.24. The second-order valence-electron chi connectivity index (χ2n) is 6.42. The van der Waals surface area contributed by atoms with Crippen LogP contribution in [-0.2, 0) is 22.6 Å². The number of nitrogens with zero attached hydrogens (tertiary/aromatic N) is 1. The molecule has 0 fully saturated rings. The van der Waals surface area contributed by atoms with Crippen LogP contribution in [0.25, 0.3) is 0 Å². The fourth-order valence-corrected chi connectivity index (χ4v) is 2.61. The molecule has 6 nitrogen and oxygen atoms in total. The van der Waals surface area contributed by atoms with E-state index in [2.05, 4.69) is 15.6 Å². The van der Waals surface area contributed by atoms with Crippen LogP contribution in [-0.4, -0.2) is 23.3 Å². The van der Waals surface area contributed by atoms with Gasteiger partial charge in [-0.3, -0.25) is 14.6 Å². The molecule has 0 saturated carbocycles. The number of amides is 2. The molecule has 3 aromatic rings. The Labute approximate surface area is 171 Å². The molecule has 1 aromatic heterocycles. The second kappa shape index (κ2) is 10.1. The molecule has 154 valence electrons. The van der Waals surface area contributed by atoms with Crippen LogP contribution in [0, 0.1) is 11.6 Å². The number of carbonyl (C=O) groups is 2. The van der Waals surface area contributed by atoms with Crippen LogP contribution in [0.1, 0.15) is 11.1 Å². The van der Waals surface area contributed by atoms with E-state index in [1.54, 1.807) is 30.5 Å². The number of halogens is 2. The van der Waals surface area contributed by atoms with Gasteiger partial charge in [0.2, 0.25) is 11.8 Å². The molecular weight excluding hydrogens is 392 g/mol. The van der Waals surface area contributed by atoms with Gasteiger partial charge in [-0.2, -0.15) is 0 Å². The number of carbonyl (C=O) groups excluding carboxylic acids is 2. The van der Waals surface area contributed by atoms with Gasteiger partial charge in [0.1, 0.15) is 11.6 Å². The zero-order chi connectivity index (χ0) is 21.3. The van der Waals surface area contributed by atoms with Crippen molar-refractivity contribution >= 4 is 11.8 Å². The third-order valence-electron chi connectivity index (χ3n) is 4.05. The van der Waals surface area contributed by atoms with Gasteiger partial charge in [-0.05, 0) is 47.5 Å². The first-order valence-electron chi connectivity index (χ1n) is 9.14. The van der Waals surface area contributed by atoms with Crippen molar-refractivity contribution < 1.29 is 23.1 Å². The van der Waals surface area contributed by atoms with E-state index >= 15 is 0 Å². The van der Waals surface area contributed by atoms with E-state index in [4.69, 9.17) is 4.74 Å². The molecule has 0 spiro atoms. The fraction of sp³-hybridized carbons (Fsp3) is 0.136. The predicted molar refractivity (Wildman–Crippen MR) is 106 cm³/mol. The molecule has 2 N–H and O–H groups in total. The Kier molecular flexibility index (Phi) is 7.05. The molecule has 8 heteroatoms. The van der Waals surface area contributed by atoms with E-state index < -0.39 is 23.4 Å². The van der Waals surface area contributed by atoms with Gasteiger partial charge in [-0.1, -0.05) is 18.2 Å². The van der Waals surface area contributed by atoms with Crippen molar-refractivity contribution in [3.63, 3.8) is 0 Å². The molecule has 2 aromatic carbocycles. The quantitative estimate of drug-likeness (QED) is 0.597. The van der Waals surface area contributed by atoms with Crippen LogP contribution >= 0.6 is 0 Å². The number of hydrogen-bond donors (Lipinski definition) is 2. The van der Waals surface area contributed by atoms with Gasteiger partial charge >= 0.3 is 0 Å². The van der Waals surface area contributed by atoms with Gasteiger partial charge in [-0.15, -0.1) is 0 Å². The Morgan fingerprint density at radius 3 is 2.53 bits per heavy atom. The predicted octanol–water partition coefficient (Wildman–Crippen LogP) is 3.13. The summed E-state index contributed by atoms with van der Waals surface area (Å²) in [5, 5.41) is 5.05. The van der Waals surface area contributed by atoms with Crippen molar-refractivity contribution in [1.29, 1.82) is 0 Å². The van der Waals surface area contributed by atoms with Crippen LogP contribution in [0.2, 0.25) is 0 Å². The first-order chi connectivity index (χ1) is 14.5. The molecule has 0 saturated heterocycles. The topological polar surface area (TPSA) is 80.3 Å². The zero-order valence-electron chi connectivity index (χ0n) is 15.9. The highest BCUT2D eigenvalue weighted by atomic mass is 19.1. The fourth-order valence-electron chi connectivity index (χ4n) is 2.61. The van der Waals surface area contributed by atoms with E-state index in [-0.39, 0.29) is 25.3 Å². The molecule has 0 atom stereocenters. The van der Waals surface area contributed by atoms with Crippen LogP contribution < -0.4 is 15.4 Å². The Bertz CT molecular complexity index is 1030. The van der Waals surface area contributed by atoms with Crippen molar-refractivity contribution in [2.75, 3.05) is 6.54 Å². The first-order valence-corrected chi connectivity index (χ1v) is 9.14. The standard InChI is InChI=1S/C22H19F2N3O3/c23-17-4-1-3-15(9-17)11-21(28)27-14-22(29)26-12-16-6-7-20(19(24)10-16)30-18-5-2-8-25-13-18/h1-10,13H,11-12,14H2,(H,26,29)(H,27,28). The number of ether oxygens (including phenoxy) is 1. The number of pyridine rings is 1. The first kappa shape index (κ1) is 20.9. The van der Waals surface area contributed by atoms with Crippen molar-refractivity contribution in [3.8, 4) is 11.5 Å². The van der Waals surface area contributed by atoms with Crippen molar-refractivity contribution in [3.05, 3.63) is 89.8 Å². The molecule has 30 heavy (non-hydrogen) atoms. The van der Waals surface area contributed by atoms with Crippen LogP contribution in [0.15, 0.2) is 67.0 Å². The van der Waals surface area contributed by atoms with E-state index in [9.17, 15) is 18.4 Å². The van der Waals surface area contributed by atoms with Crippen molar-refractivity contribution in [2.45, 2.75) is 13.0 Å². The van der Waals surface area contributed by atoms with Gasteiger partial charge in [0, 0.05) is 12.7 Å². The van der Waals surface area contributed by atoms with Crippen LogP contribution in [0.4, 0.5) is 8.78 Å². The molecule has 0 aliphatic carbocycles. The maximum absolute atomic E-state index is 14.2. The van der Waals surface area contributed by atoms with Crippen LogP contribution in [0.5, 0.6) is 11.5 Å². The SMILES string of the molecule is O=C(CNC(=O)Cc1cccc(F)c1)NCc1ccc(Oc2cccnc2)c(F)c1. The van der Waals surface area contributed by atoms with E-state index in [1.807, 2.05) is 0 Å². The average molecular weight is 411 g/mol. The van der Waals surface area contributed by atoms with Gasteiger partial charge in [-0.25, -0.2) is 8.78 Å². The van der Waals surface area contributed by atoms with Gasteiger partial charge in [0.25, 0.3) is 0 Å². The number of rotatable bonds is 8. The molecular formula is C22H19F2N3O3. The lowest BCUT2D eigenvalue weighted by atomic mass is 10.1. The summed E-state index contributed by atoms with van der Waals surface area (Å²) < 4.78 is 32.7. The maximum Gasteiger partial charge on any atom is 0.239 e. The van der Waals surface area contributed by atoms with E-state index in [0.29, 0.717) is 16.9 Å². The summed E-state index contributed by atoms with van der Waals surface area (Å²) in [5.74, 6) is -1.39. The Morgan fingerprint density at radius 1 is 0.933 bits per heavy atom. The minimum absolute atomic E-state index is 0.0331. The maximum atomic E-state index is 14.2. The lowest BCUT2D eigenvalue weighted by molar-refractivity contribution is -0.125. The minimum atomic E-state index is -0.575. The lowest BCUT2D eigenvalue weighted by Crippen LogP contribution is -2.37. The highest BCUT2D eigenvalue weighted by molar-refractivity contribution is 5.85. The monoisotopic (exact) mass is 411 g/mol. The molecule has 2 amide bonds. The summed E-state index contributed by atoms with van der Waals surface area (Å²) in [6, 6.07) is 13.4. The Morgan fingerprint density at radius 2 is 1.80 bits per heavy atom. The highest BCUT2D eigenvalue weighted by Gasteiger charge is 2.09. The lowest BCUT2D eigenvalue weighted by Gasteiger charge is -2.10. The Balaban J connectivity index is 1.44. The van der Waals surface area contributed by atoms with Crippen molar-refractivity contribution in [1.82, 2.24) is 15.6 Å². The number of hydrogen-bond acceptors (Lipinski definition) is 4. The van der Waals surface area contributed by atoms with Gasteiger partial charge in [0.05, 0.1) is 19.2 Å². The molecule has 0 aliphatic rings. The number of nitrogens with one attached hydrogen (secondary N) is 2. The van der Waals surface area contributed by atoms with E-state index in [1.165, 1.54) is 36.5 Å². The largest absolute Gasteiger partial charge is 0.453 e. The van der Waals surface area contributed by atoms with Gasteiger partial charge in [0.15, 0.2) is 11.6 Å².